The van der Waals surface area contributed by atoms with Crippen molar-refractivity contribution in [2.45, 2.75) is 19.4 Å². The van der Waals surface area contributed by atoms with Crippen LogP contribution in [0.25, 0.3) is 21.3 Å². The average molecular weight is 329 g/mol. The number of aromatic nitrogens is 2. The van der Waals surface area contributed by atoms with Gasteiger partial charge in [-0.2, -0.15) is 0 Å². The third-order valence-electron chi connectivity index (χ3n) is 4.22. The summed E-state index contributed by atoms with van der Waals surface area (Å²) in [5, 5.41) is 2.51. The second-order valence-electron chi connectivity index (χ2n) is 5.83. The first kappa shape index (κ1) is 14.5. The molecule has 4 rings (SSSR count). The molecule has 1 aliphatic heterocycles. The van der Waals surface area contributed by atoms with Crippen molar-refractivity contribution in [3.63, 3.8) is 0 Å². The molecule has 0 amide bonds. The summed E-state index contributed by atoms with van der Waals surface area (Å²) < 4.78 is 13.1. The van der Waals surface area contributed by atoms with Crippen LogP contribution in [-0.4, -0.2) is 28.0 Å². The van der Waals surface area contributed by atoms with E-state index in [-0.39, 0.29) is 11.4 Å². The van der Waals surface area contributed by atoms with E-state index in [0.29, 0.717) is 11.9 Å². The van der Waals surface area contributed by atoms with Crippen molar-refractivity contribution in [2.24, 2.45) is 0 Å². The molecule has 2 aromatic heterocycles. The summed E-state index contributed by atoms with van der Waals surface area (Å²) in [5.41, 5.74) is 1.52. The topological polar surface area (TPSA) is 49.0 Å². The Morgan fingerprint density at radius 3 is 2.70 bits per heavy atom. The number of nitrogens with one attached hydrogen (secondary N) is 1. The number of likely N-dealkylation sites (tertiary alicyclic amines) is 1. The van der Waals surface area contributed by atoms with Crippen LogP contribution in [-0.2, 0) is 6.54 Å². The highest BCUT2D eigenvalue weighted by Gasteiger charge is 2.16. The Hall–Kier alpha value is -2.05. The molecule has 23 heavy (non-hydrogen) atoms. The number of nitrogens with zero attached hydrogens (tertiary/aromatic N) is 2. The molecule has 6 heteroatoms. The van der Waals surface area contributed by atoms with Gasteiger partial charge in [0.1, 0.15) is 16.5 Å². The molecule has 1 aliphatic rings. The summed E-state index contributed by atoms with van der Waals surface area (Å²) in [7, 11) is 0. The van der Waals surface area contributed by atoms with E-state index in [1.54, 1.807) is 12.1 Å². The number of rotatable bonds is 3. The normalized spacial score (nSPS) is 15.5. The van der Waals surface area contributed by atoms with Crippen LogP contribution in [0.4, 0.5) is 4.39 Å². The summed E-state index contributed by atoms with van der Waals surface area (Å²) in [6.07, 6.45) is 2.42. The van der Waals surface area contributed by atoms with Gasteiger partial charge in [-0.3, -0.25) is 9.69 Å². The number of hydrogen-bond donors (Lipinski definition) is 1. The summed E-state index contributed by atoms with van der Waals surface area (Å²) in [4.78, 5) is 23.1. The predicted molar refractivity (Wildman–Crippen MR) is 90.1 cm³/mol. The highest BCUT2D eigenvalue weighted by Crippen LogP contribution is 2.30. The maximum Gasteiger partial charge on any atom is 0.260 e. The number of halogens is 1. The Morgan fingerprint density at radius 2 is 1.96 bits per heavy atom. The van der Waals surface area contributed by atoms with Gasteiger partial charge >= 0.3 is 0 Å². The lowest BCUT2D eigenvalue weighted by molar-refractivity contribution is 0.322. The first-order valence-electron chi connectivity index (χ1n) is 7.69. The molecule has 0 radical (unpaired) electrons. The van der Waals surface area contributed by atoms with Gasteiger partial charge in [0, 0.05) is 10.9 Å². The van der Waals surface area contributed by atoms with E-state index >= 15 is 0 Å². The summed E-state index contributed by atoms with van der Waals surface area (Å²) in [6.45, 7) is 2.81. The minimum Gasteiger partial charge on any atom is -0.309 e. The van der Waals surface area contributed by atoms with E-state index in [4.69, 9.17) is 0 Å². The van der Waals surface area contributed by atoms with Gasteiger partial charge in [-0.05, 0) is 43.6 Å². The maximum atomic E-state index is 13.1. The van der Waals surface area contributed by atoms with Crippen LogP contribution in [0.3, 0.4) is 0 Å². The molecule has 0 aliphatic carbocycles. The fourth-order valence-corrected chi connectivity index (χ4v) is 4.03. The second kappa shape index (κ2) is 5.86. The van der Waals surface area contributed by atoms with E-state index in [1.807, 2.05) is 5.38 Å². The molecule has 0 unspecified atom stereocenters. The molecule has 1 saturated heterocycles. The minimum absolute atomic E-state index is 0.121. The SMILES string of the molecule is O=c1[nH]c(CN2CCCC2)nc2scc(-c3ccc(F)cc3)c12. The molecule has 0 atom stereocenters. The van der Waals surface area contributed by atoms with Crippen molar-refractivity contribution in [3.8, 4) is 11.1 Å². The third kappa shape index (κ3) is 2.80. The maximum absolute atomic E-state index is 13.1. The number of thiophene rings is 1. The number of fused-ring (bicyclic) bond motifs is 1. The standard InChI is InChI=1S/C17H16FN3OS/c18-12-5-3-11(4-6-12)13-10-23-17-15(13)16(22)19-14(20-17)9-21-7-1-2-8-21/h3-6,10H,1-2,7-9H2,(H,19,20,22). The zero-order valence-corrected chi connectivity index (χ0v) is 13.3. The van der Waals surface area contributed by atoms with Crippen LogP contribution >= 0.6 is 11.3 Å². The predicted octanol–water partition coefficient (Wildman–Crippen LogP) is 3.39. The fourth-order valence-electron chi connectivity index (χ4n) is 3.06. The molecule has 1 aromatic carbocycles. The van der Waals surface area contributed by atoms with Crippen LogP contribution < -0.4 is 5.56 Å². The molecule has 4 nitrogen and oxygen atoms in total. The molecule has 3 heterocycles. The Balaban J connectivity index is 1.74. The van der Waals surface area contributed by atoms with E-state index in [9.17, 15) is 9.18 Å². The highest BCUT2D eigenvalue weighted by atomic mass is 32.1. The van der Waals surface area contributed by atoms with Crippen LogP contribution in [0.1, 0.15) is 18.7 Å². The average Bonchev–Trinajstić information content (AvgIpc) is 3.18. The number of hydrogen-bond acceptors (Lipinski definition) is 4. The van der Waals surface area contributed by atoms with Crippen LogP contribution in [0, 0.1) is 5.82 Å². The van der Waals surface area contributed by atoms with Crippen molar-refractivity contribution >= 4 is 21.6 Å². The van der Waals surface area contributed by atoms with Gasteiger partial charge in [0.05, 0.1) is 11.9 Å². The Kier molecular flexibility index (Phi) is 3.71. The van der Waals surface area contributed by atoms with Gasteiger partial charge in [-0.15, -0.1) is 11.3 Å². The van der Waals surface area contributed by atoms with E-state index in [2.05, 4.69) is 14.9 Å². The summed E-state index contributed by atoms with van der Waals surface area (Å²) in [6, 6.07) is 6.19. The van der Waals surface area contributed by atoms with Crippen molar-refractivity contribution in [2.75, 3.05) is 13.1 Å². The lowest BCUT2D eigenvalue weighted by Crippen LogP contribution is -2.22. The van der Waals surface area contributed by atoms with Gasteiger partial charge < -0.3 is 4.98 Å². The van der Waals surface area contributed by atoms with Gasteiger partial charge in [0.25, 0.3) is 5.56 Å². The first-order valence-corrected chi connectivity index (χ1v) is 8.57. The molecule has 118 valence electrons. The molecule has 3 aromatic rings. The van der Waals surface area contributed by atoms with Gasteiger partial charge in [0.2, 0.25) is 0 Å². The van der Waals surface area contributed by atoms with Crippen molar-refractivity contribution < 1.29 is 4.39 Å². The third-order valence-corrected chi connectivity index (χ3v) is 5.09. The molecule has 0 saturated carbocycles. The van der Waals surface area contributed by atoms with E-state index in [0.717, 1.165) is 34.9 Å². The van der Waals surface area contributed by atoms with Gasteiger partial charge in [0.15, 0.2) is 0 Å². The number of H-pyrrole nitrogens is 1. The zero-order valence-electron chi connectivity index (χ0n) is 12.5. The van der Waals surface area contributed by atoms with Gasteiger partial charge in [-0.1, -0.05) is 12.1 Å². The number of benzene rings is 1. The second-order valence-corrected chi connectivity index (χ2v) is 6.69. The lowest BCUT2D eigenvalue weighted by atomic mass is 10.1. The number of aromatic amines is 1. The van der Waals surface area contributed by atoms with Crippen molar-refractivity contribution in [1.29, 1.82) is 0 Å². The fraction of sp³-hybridized carbons (Fsp3) is 0.294. The molecule has 1 N–H and O–H groups in total. The monoisotopic (exact) mass is 329 g/mol. The van der Waals surface area contributed by atoms with E-state index in [1.165, 1.54) is 36.3 Å². The Bertz CT molecular complexity index is 894. The lowest BCUT2D eigenvalue weighted by Gasteiger charge is -2.13. The van der Waals surface area contributed by atoms with Crippen LogP contribution in [0.2, 0.25) is 0 Å². The first-order chi connectivity index (χ1) is 11.2. The van der Waals surface area contributed by atoms with Crippen LogP contribution in [0.15, 0.2) is 34.4 Å². The molecule has 0 spiro atoms. The molecular weight excluding hydrogens is 313 g/mol. The molecule has 1 fully saturated rings. The Labute approximate surface area is 136 Å². The largest absolute Gasteiger partial charge is 0.309 e. The quantitative estimate of drug-likeness (QED) is 0.801. The van der Waals surface area contributed by atoms with Gasteiger partial charge in [-0.25, -0.2) is 9.37 Å². The minimum atomic E-state index is -0.284. The van der Waals surface area contributed by atoms with E-state index < -0.39 is 0 Å². The molecular formula is C17H16FN3OS. The molecule has 0 bridgehead atoms. The summed E-state index contributed by atoms with van der Waals surface area (Å²) in [5.74, 6) is 0.435. The zero-order chi connectivity index (χ0) is 15.8. The summed E-state index contributed by atoms with van der Waals surface area (Å²) >= 11 is 1.46. The smallest absolute Gasteiger partial charge is 0.260 e. The highest BCUT2D eigenvalue weighted by molar-refractivity contribution is 7.17. The van der Waals surface area contributed by atoms with Crippen molar-refractivity contribution in [3.05, 3.63) is 51.6 Å². The van der Waals surface area contributed by atoms with Crippen molar-refractivity contribution in [1.82, 2.24) is 14.9 Å². The Morgan fingerprint density at radius 1 is 1.22 bits per heavy atom. The van der Waals surface area contributed by atoms with Crippen LogP contribution in [0.5, 0.6) is 0 Å².